The first-order valence-corrected chi connectivity index (χ1v) is 6.99. The number of rotatable bonds is 7. The molecule has 22 heavy (non-hydrogen) atoms. The number of benzene rings is 1. The summed E-state index contributed by atoms with van der Waals surface area (Å²) in [5.41, 5.74) is 4.62. The van der Waals surface area contributed by atoms with E-state index in [1.165, 1.54) is 12.1 Å². The van der Waals surface area contributed by atoms with Gasteiger partial charge in [0.2, 0.25) is 11.8 Å². The van der Waals surface area contributed by atoms with Crippen molar-refractivity contribution in [3.63, 3.8) is 0 Å². The lowest BCUT2D eigenvalue weighted by Gasteiger charge is -2.15. The molecule has 0 aliphatic rings. The molecule has 0 bridgehead atoms. The maximum absolute atomic E-state index is 12.6. The number of primary amides is 1. The molecule has 1 rings (SSSR count). The Balaban J connectivity index is 2.70. The van der Waals surface area contributed by atoms with Gasteiger partial charge in [-0.05, 0) is 18.1 Å². The Labute approximate surface area is 126 Å². The van der Waals surface area contributed by atoms with E-state index in [0.29, 0.717) is 6.42 Å². The third-order valence-corrected chi connectivity index (χ3v) is 3.14. The normalized spacial score (nSPS) is 12.7. The van der Waals surface area contributed by atoms with E-state index in [1.807, 2.05) is 6.92 Å². The van der Waals surface area contributed by atoms with Gasteiger partial charge in [-0.3, -0.25) is 9.59 Å². The Morgan fingerprint density at radius 3 is 2.55 bits per heavy atom. The highest BCUT2D eigenvalue weighted by molar-refractivity contribution is 5.87. The van der Waals surface area contributed by atoms with Gasteiger partial charge in [-0.2, -0.15) is 13.2 Å². The number of hydrogen-bond donors (Lipinski definition) is 2. The van der Waals surface area contributed by atoms with Gasteiger partial charge in [0.15, 0.2) is 0 Å². The van der Waals surface area contributed by atoms with Gasteiger partial charge in [0.05, 0.1) is 12.0 Å². The summed E-state index contributed by atoms with van der Waals surface area (Å²) in [4.78, 5) is 23.1. The Bertz CT molecular complexity index is 530. The lowest BCUT2D eigenvalue weighted by Crippen LogP contribution is -2.44. The van der Waals surface area contributed by atoms with Crippen molar-refractivity contribution in [2.24, 2.45) is 5.73 Å². The number of carbonyl (C=O) groups excluding carboxylic acids is 2. The fourth-order valence-corrected chi connectivity index (χ4v) is 1.98. The minimum absolute atomic E-state index is 0.228. The molecule has 0 radical (unpaired) electrons. The molecular weight excluding hydrogens is 297 g/mol. The number of nitrogens with two attached hydrogens (primary N) is 1. The molecule has 0 saturated carbocycles. The summed E-state index contributed by atoms with van der Waals surface area (Å²) in [5, 5.41) is 2.46. The number of nitrogens with one attached hydrogen (secondary N) is 1. The molecule has 0 aliphatic carbocycles. The van der Waals surface area contributed by atoms with Gasteiger partial charge in [-0.1, -0.05) is 38.0 Å². The molecule has 1 atom stereocenters. The van der Waals surface area contributed by atoms with E-state index >= 15 is 0 Å². The zero-order valence-corrected chi connectivity index (χ0v) is 12.2. The van der Waals surface area contributed by atoms with E-state index in [1.54, 1.807) is 0 Å². The van der Waals surface area contributed by atoms with E-state index in [9.17, 15) is 22.8 Å². The summed E-state index contributed by atoms with van der Waals surface area (Å²) in [7, 11) is 0. The molecule has 7 heteroatoms. The molecule has 4 nitrogen and oxygen atoms in total. The first-order valence-electron chi connectivity index (χ1n) is 6.99. The second-order valence-corrected chi connectivity index (χ2v) is 5.04. The van der Waals surface area contributed by atoms with Crippen LogP contribution in [0.25, 0.3) is 0 Å². The first kappa shape index (κ1) is 18.0. The van der Waals surface area contributed by atoms with Crippen molar-refractivity contribution in [1.82, 2.24) is 5.32 Å². The van der Waals surface area contributed by atoms with E-state index in [-0.39, 0.29) is 12.0 Å². The molecule has 122 valence electrons. The smallest absolute Gasteiger partial charge is 0.368 e. The molecule has 1 aromatic rings. The average molecular weight is 316 g/mol. The highest BCUT2D eigenvalue weighted by Crippen LogP contribution is 2.29. The Kier molecular flexibility index (Phi) is 6.39. The van der Waals surface area contributed by atoms with Crippen LogP contribution in [-0.2, 0) is 22.2 Å². The molecule has 0 aliphatic heterocycles. The summed E-state index contributed by atoms with van der Waals surface area (Å²) >= 11 is 0. The van der Waals surface area contributed by atoms with E-state index < -0.39 is 29.6 Å². The van der Waals surface area contributed by atoms with Gasteiger partial charge in [-0.15, -0.1) is 0 Å². The number of alkyl halides is 3. The molecule has 1 aromatic carbocycles. The molecule has 0 fully saturated rings. The van der Waals surface area contributed by atoms with Gasteiger partial charge < -0.3 is 11.1 Å². The Hall–Kier alpha value is -2.05. The van der Waals surface area contributed by atoms with Gasteiger partial charge in [-0.25, -0.2) is 0 Å². The highest BCUT2D eigenvalue weighted by atomic mass is 19.4. The van der Waals surface area contributed by atoms with Crippen LogP contribution in [0.15, 0.2) is 24.3 Å². The third-order valence-electron chi connectivity index (χ3n) is 3.14. The maximum Gasteiger partial charge on any atom is 0.416 e. The van der Waals surface area contributed by atoms with E-state index in [4.69, 9.17) is 5.73 Å². The molecule has 0 aromatic heterocycles. The number of hydrogen-bond acceptors (Lipinski definition) is 2. The number of carbonyl (C=O) groups is 2. The fraction of sp³-hybridized carbons (Fsp3) is 0.467. The molecule has 2 amide bonds. The molecular formula is C15H19F3N2O2. The average Bonchev–Trinajstić information content (AvgIpc) is 2.42. The zero-order valence-electron chi connectivity index (χ0n) is 12.2. The van der Waals surface area contributed by atoms with Crippen molar-refractivity contribution >= 4 is 11.8 Å². The van der Waals surface area contributed by atoms with Gasteiger partial charge in [0, 0.05) is 0 Å². The molecule has 0 unspecified atom stereocenters. The fourth-order valence-electron chi connectivity index (χ4n) is 1.98. The van der Waals surface area contributed by atoms with Crippen LogP contribution in [0.5, 0.6) is 0 Å². The Morgan fingerprint density at radius 1 is 1.32 bits per heavy atom. The van der Waals surface area contributed by atoms with Gasteiger partial charge in [0.1, 0.15) is 6.04 Å². The third kappa shape index (κ3) is 5.75. The molecule has 0 saturated heterocycles. The van der Waals surface area contributed by atoms with Crippen molar-refractivity contribution in [3.05, 3.63) is 35.4 Å². The van der Waals surface area contributed by atoms with Crippen LogP contribution in [0.1, 0.15) is 37.3 Å². The summed E-state index contributed by atoms with van der Waals surface area (Å²) < 4.78 is 37.8. The minimum Gasteiger partial charge on any atom is -0.368 e. The number of halogens is 3. The second-order valence-electron chi connectivity index (χ2n) is 5.04. The second kappa shape index (κ2) is 7.82. The van der Waals surface area contributed by atoms with Crippen molar-refractivity contribution in [2.45, 2.75) is 44.8 Å². The van der Waals surface area contributed by atoms with Gasteiger partial charge >= 0.3 is 6.18 Å². The predicted molar refractivity (Wildman–Crippen MR) is 75.8 cm³/mol. The van der Waals surface area contributed by atoms with Crippen molar-refractivity contribution in [1.29, 1.82) is 0 Å². The van der Waals surface area contributed by atoms with Crippen LogP contribution < -0.4 is 11.1 Å². The topological polar surface area (TPSA) is 72.2 Å². The summed E-state index contributed by atoms with van der Waals surface area (Å²) in [6.45, 7) is 1.93. The van der Waals surface area contributed by atoms with Crippen LogP contribution in [0.4, 0.5) is 13.2 Å². The lowest BCUT2D eigenvalue weighted by molar-refractivity contribution is -0.137. The number of unbranched alkanes of at least 4 members (excludes halogenated alkanes) is 1. The Morgan fingerprint density at radius 2 is 2.00 bits per heavy atom. The first-order chi connectivity index (χ1) is 10.2. The van der Waals surface area contributed by atoms with E-state index in [2.05, 4.69) is 5.32 Å². The highest BCUT2D eigenvalue weighted by Gasteiger charge is 2.30. The summed E-state index contributed by atoms with van der Waals surface area (Å²) in [6, 6.07) is 3.74. The van der Waals surface area contributed by atoms with E-state index in [0.717, 1.165) is 25.0 Å². The maximum atomic E-state index is 12.6. The molecule has 3 N–H and O–H groups in total. The van der Waals surface area contributed by atoms with Crippen LogP contribution in [0, 0.1) is 0 Å². The minimum atomic E-state index is -4.45. The summed E-state index contributed by atoms with van der Waals surface area (Å²) in [6.07, 6.45) is -2.71. The lowest BCUT2D eigenvalue weighted by atomic mass is 10.1. The standard InChI is InChI=1S/C15H19F3N2O2/c1-2-3-7-12(14(19)22)20-13(21)9-10-5-4-6-11(8-10)15(16,17)18/h4-6,8,12H,2-3,7,9H2,1H3,(H2,19,22)(H,20,21)/t12-/m0/s1. The van der Waals surface area contributed by atoms with Crippen molar-refractivity contribution in [2.75, 3.05) is 0 Å². The summed E-state index contributed by atoms with van der Waals surface area (Å²) in [5.74, 6) is -1.18. The molecule has 0 heterocycles. The largest absolute Gasteiger partial charge is 0.416 e. The van der Waals surface area contributed by atoms with Gasteiger partial charge in [0.25, 0.3) is 0 Å². The SMILES string of the molecule is CCCC[C@H](NC(=O)Cc1cccc(C(F)(F)F)c1)C(N)=O. The van der Waals surface area contributed by atoms with Crippen LogP contribution in [-0.4, -0.2) is 17.9 Å². The zero-order chi connectivity index (χ0) is 16.8. The van der Waals surface area contributed by atoms with Crippen LogP contribution in [0.3, 0.4) is 0 Å². The number of amides is 2. The van der Waals surface area contributed by atoms with Crippen LogP contribution >= 0.6 is 0 Å². The monoisotopic (exact) mass is 316 g/mol. The van der Waals surface area contributed by atoms with Crippen molar-refractivity contribution in [3.8, 4) is 0 Å². The quantitative estimate of drug-likeness (QED) is 0.811. The van der Waals surface area contributed by atoms with Crippen molar-refractivity contribution < 1.29 is 22.8 Å². The molecule has 0 spiro atoms. The van der Waals surface area contributed by atoms with Crippen LogP contribution in [0.2, 0.25) is 0 Å². The predicted octanol–water partition coefficient (Wildman–Crippen LogP) is 2.41.